The van der Waals surface area contributed by atoms with E-state index in [4.69, 9.17) is 0 Å². The van der Waals surface area contributed by atoms with E-state index in [1.165, 1.54) is 18.3 Å². The molecular formula is C10H14N2O2. The summed E-state index contributed by atoms with van der Waals surface area (Å²) in [7, 11) is 0. The number of pyridine rings is 1. The molecule has 0 fully saturated rings. The van der Waals surface area contributed by atoms with Crippen molar-refractivity contribution in [3.8, 4) is 0 Å². The molecule has 0 aliphatic rings. The summed E-state index contributed by atoms with van der Waals surface area (Å²) in [6.45, 7) is 5.64. The van der Waals surface area contributed by atoms with Crippen LogP contribution >= 0.6 is 0 Å². The van der Waals surface area contributed by atoms with Crippen LogP contribution in [0.2, 0.25) is 0 Å². The fourth-order valence-electron chi connectivity index (χ4n) is 0.985. The molecule has 0 unspecified atom stereocenters. The van der Waals surface area contributed by atoms with Crippen LogP contribution in [0.25, 0.3) is 0 Å². The summed E-state index contributed by atoms with van der Waals surface area (Å²) in [5.41, 5.74) is -0.195. The maximum absolute atomic E-state index is 11.5. The number of rotatable bonds is 1. The average Bonchev–Trinajstić information content (AvgIpc) is 2.01. The number of aromatic nitrogens is 1. The summed E-state index contributed by atoms with van der Waals surface area (Å²) in [6.07, 6.45) is 1.46. The Kier molecular flexibility index (Phi) is 2.74. The summed E-state index contributed by atoms with van der Waals surface area (Å²) >= 11 is 0. The van der Waals surface area contributed by atoms with Gasteiger partial charge in [-0.15, -0.1) is 0 Å². The fraction of sp³-hybridized carbons (Fsp3) is 0.400. The third kappa shape index (κ3) is 3.05. The van der Waals surface area contributed by atoms with E-state index in [1.54, 1.807) is 0 Å². The van der Waals surface area contributed by atoms with Crippen LogP contribution in [0.3, 0.4) is 0 Å². The average molecular weight is 194 g/mol. The highest BCUT2D eigenvalue weighted by Crippen LogP contribution is 2.00. The number of nitrogens with one attached hydrogen (secondary N) is 2. The predicted octanol–water partition coefficient (Wildman–Crippen LogP) is 0.903. The van der Waals surface area contributed by atoms with E-state index in [0.29, 0.717) is 0 Å². The monoisotopic (exact) mass is 194 g/mol. The first-order valence-electron chi connectivity index (χ1n) is 4.40. The lowest BCUT2D eigenvalue weighted by Crippen LogP contribution is -2.41. The Balaban J connectivity index is 2.86. The van der Waals surface area contributed by atoms with Crippen molar-refractivity contribution < 1.29 is 4.79 Å². The van der Waals surface area contributed by atoms with E-state index < -0.39 is 0 Å². The van der Waals surface area contributed by atoms with Crippen LogP contribution in [0.5, 0.6) is 0 Å². The second-order valence-electron chi connectivity index (χ2n) is 4.14. The van der Waals surface area contributed by atoms with Crippen molar-refractivity contribution in [2.45, 2.75) is 26.3 Å². The van der Waals surface area contributed by atoms with Gasteiger partial charge in [-0.2, -0.15) is 0 Å². The van der Waals surface area contributed by atoms with E-state index in [0.717, 1.165) is 0 Å². The third-order valence-electron chi connectivity index (χ3n) is 1.51. The first-order valence-corrected chi connectivity index (χ1v) is 4.40. The summed E-state index contributed by atoms with van der Waals surface area (Å²) in [6, 6.07) is 2.65. The van der Waals surface area contributed by atoms with Crippen LogP contribution in [-0.2, 0) is 0 Å². The van der Waals surface area contributed by atoms with Crippen molar-refractivity contribution in [3.05, 3.63) is 34.2 Å². The minimum absolute atomic E-state index is 0.178. The van der Waals surface area contributed by atoms with E-state index >= 15 is 0 Å². The Bertz CT molecular complexity index is 388. The fourth-order valence-corrected chi connectivity index (χ4v) is 0.985. The minimum atomic E-state index is -0.302. The highest BCUT2D eigenvalue weighted by Gasteiger charge is 2.15. The molecular weight excluding hydrogens is 180 g/mol. The van der Waals surface area contributed by atoms with Crippen molar-refractivity contribution in [1.29, 1.82) is 0 Å². The van der Waals surface area contributed by atoms with Gasteiger partial charge in [-0.1, -0.05) is 0 Å². The standard InChI is InChI=1S/C10H14N2O2/c1-10(2,3)12-9(14)8-6-7(13)4-5-11-8/h4-6H,1-3H3,(H,11,13)(H,12,14). The van der Waals surface area contributed by atoms with Gasteiger partial charge in [0.2, 0.25) is 0 Å². The number of carbonyl (C=O) groups is 1. The molecule has 0 aliphatic carbocycles. The first kappa shape index (κ1) is 10.5. The zero-order valence-corrected chi connectivity index (χ0v) is 8.55. The Hall–Kier alpha value is -1.58. The Morgan fingerprint density at radius 3 is 2.57 bits per heavy atom. The summed E-state index contributed by atoms with van der Waals surface area (Å²) in [5.74, 6) is -0.268. The van der Waals surface area contributed by atoms with Crippen LogP contribution < -0.4 is 10.7 Å². The summed E-state index contributed by atoms with van der Waals surface area (Å²) in [5, 5.41) is 2.75. The van der Waals surface area contributed by atoms with Gasteiger partial charge in [0.05, 0.1) is 0 Å². The van der Waals surface area contributed by atoms with Crippen molar-refractivity contribution in [3.63, 3.8) is 0 Å². The van der Waals surface area contributed by atoms with Crippen LogP contribution in [0.1, 0.15) is 31.3 Å². The number of carbonyl (C=O) groups excluding carboxylic acids is 1. The summed E-state index contributed by atoms with van der Waals surface area (Å²) in [4.78, 5) is 25.2. The molecule has 1 rings (SSSR count). The van der Waals surface area contributed by atoms with E-state index in [9.17, 15) is 9.59 Å². The smallest absolute Gasteiger partial charge is 0.268 e. The lowest BCUT2D eigenvalue weighted by molar-refractivity contribution is 0.0914. The number of amides is 1. The number of H-pyrrole nitrogens is 1. The molecule has 0 saturated carbocycles. The van der Waals surface area contributed by atoms with E-state index in [-0.39, 0.29) is 22.6 Å². The quantitative estimate of drug-likeness (QED) is 0.697. The molecule has 0 spiro atoms. The van der Waals surface area contributed by atoms with Gasteiger partial charge >= 0.3 is 0 Å². The van der Waals surface area contributed by atoms with Crippen molar-refractivity contribution in [1.82, 2.24) is 10.3 Å². The Morgan fingerprint density at radius 2 is 2.07 bits per heavy atom. The highest BCUT2D eigenvalue weighted by molar-refractivity contribution is 5.92. The molecule has 2 N–H and O–H groups in total. The van der Waals surface area contributed by atoms with Gasteiger partial charge in [-0.3, -0.25) is 9.59 Å². The van der Waals surface area contributed by atoms with Gasteiger partial charge in [0, 0.05) is 23.9 Å². The number of hydrogen-bond donors (Lipinski definition) is 2. The number of aromatic amines is 1. The van der Waals surface area contributed by atoms with Crippen LogP contribution in [0.4, 0.5) is 0 Å². The summed E-state index contributed by atoms with van der Waals surface area (Å²) < 4.78 is 0. The minimum Gasteiger partial charge on any atom is -0.357 e. The van der Waals surface area contributed by atoms with Crippen LogP contribution in [-0.4, -0.2) is 16.4 Å². The molecule has 0 atom stereocenters. The second-order valence-corrected chi connectivity index (χ2v) is 4.14. The molecule has 76 valence electrons. The van der Waals surface area contributed by atoms with Crippen molar-refractivity contribution in [2.24, 2.45) is 0 Å². The zero-order valence-electron chi connectivity index (χ0n) is 8.55. The maximum atomic E-state index is 11.5. The van der Waals surface area contributed by atoms with Crippen molar-refractivity contribution in [2.75, 3.05) is 0 Å². The van der Waals surface area contributed by atoms with Crippen LogP contribution in [0.15, 0.2) is 23.1 Å². The molecule has 0 saturated heterocycles. The normalized spacial score (nSPS) is 11.1. The molecule has 0 aliphatic heterocycles. The molecule has 1 amide bonds. The van der Waals surface area contributed by atoms with E-state index in [1.807, 2.05) is 20.8 Å². The van der Waals surface area contributed by atoms with Gasteiger partial charge in [-0.05, 0) is 20.8 Å². The van der Waals surface area contributed by atoms with Gasteiger partial charge in [0.25, 0.3) is 5.91 Å². The molecule has 1 aromatic rings. The lowest BCUT2D eigenvalue weighted by Gasteiger charge is -2.20. The molecule has 4 heteroatoms. The highest BCUT2D eigenvalue weighted by atomic mass is 16.2. The molecule has 0 radical (unpaired) electrons. The predicted molar refractivity (Wildman–Crippen MR) is 54.3 cm³/mol. The zero-order chi connectivity index (χ0) is 10.8. The van der Waals surface area contributed by atoms with Gasteiger partial charge in [-0.25, -0.2) is 0 Å². The third-order valence-corrected chi connectivity index (χ3v) is 1.51. The molecule has 1 heterocycles. The topological polar surface area (TPSA) is 62.0 Å². The molecule has 0 aromatic carbocycles. The van der Waals surface area contributed by atoms with E-state index in [2.05, 4.69) is 10.3 Å². The Morgan fingerprint density at radius 1 is 1.43 bits per heavy atom. The van der Waals surface area contributed by atoms with Crippen molar-refractivity contribution >= 4 is 5.91 Å². The SMILES string of the molecule is CC(C)(C)NC(=O)c1cc(=O)cc[nH]1. The lowest BCUT2D eigenvalue weighted by atomic mass is 10.1. The van der Waals surface area contributed by atoms with Gasteiger partial charge < -0.3 is 10.3 Å². The maximum Gasteiger partial charge on any atom is 0.268 e. The molecule has 1 aromatic heterocycles. The number of hydrogen-bond acceptors (Lipinski definition) is 2. The molecule has 0 bridgehead atoms. The largest absolute Gasteiger partial charge is 0.357 e. The molecule has 4 nitrogen and oxygen atoms in total. The van der Waals surface area contributed by atoms with Crippen LogP contribution in [0, 0.1) is 0 Å². The molecule has 14 heavy (non-hydrogen) atoms. The second kappa shape index (κ2) is 3.65. The van der Waals surface area contributed by atoms with Gasteiger partial charge in [0.15, 0.2) is 5.43 Å². The first-order chi connectivity index (χ1) is 6.38. The van der Waals surface area contributed by atoms with Gasteiger partial charge in [0.1, 0.15) is 5.69 Å². The Labute approximate surface area is 82.3 Å².